The second-order valence-corrected chi connectivity index (χ2v) is 9.91. The highest BCUT2D eigenvalue weighted by Crippen LogP contribution is 2.21. The molecule has 2 nitrogen and oxygen atoms in total. The average Bonchev–Trinajstić information content (AvgIpc) is 2.59. The lowest BCUT2D eigenvalue weighted by Gasteiger charge is -2.29. The molecule has 1 N–H and O–H groups in total. The summed E-state index contributed by atoms with van der Waals surface area (Å²) >= 11 is 0. The van der Waals surface area contributed by atoms with Crippen LogP contribution in [0.2, 0.25) is 6.32 Å². The van der Waals surface area contributed by atoms with E-state index in [9.17, 15) is 5.11 Å². The first-order valence-electron chi connectivity index (χ1n) is 12.1. The number of rotatable bonds is 20. The van der Waals surface area contributed by atoms with Crippen LogP contribution in [0.15, 0.2) is 0 Å². The van der Waals surface area contributed by atoms with Gasteiger partial charge in [0.2, 0.25) is 0 Å². The summed E-state index contributed by atoms with van der Waals surface area (Å²) in [7, 11) is 2.29. The lowest BCUT2D eigenvalue weighted by Crippen LogP contribution is -2.34. The molecule has 0 saturated heterocycles. The summed E-state index contributed by atoms with van der Waals surface area (Å²) in [6, 6.07) is 0. The molecule has 0 atom stereocenters. The van der Waals surface area contributed by atoms with Crippen molar-refractivity contribution in [3.05, 3.63) is 0 Å². The molecule has 0 bridgehead atoms. The zero-order valence-electron chi connectivity index (χ0n) is 19.6. The molecule has 0 aliphatic rings. The topological polar surface area (TPSA) is 29.5 Å². The van der Waals surface area contributed by atoms with Crippen molar-refractivity contribution in [3.63, 3.8) is 0 Å². The molecule has 0 unspecified atom stereocenters. The van der Waals surface area contributed by atoms with Gasteiger partial charge in [0.05, 0.1) is 17.8 Å². The van der Waals surface area contributed by atoms with Crippen LogP contribution in [0.5, 0.6) is 0 Å². The van der Waals surface area contributed by atoms with Crippen molar-refractivity contribution < 1.29 is 9.84 Å². The molecule has 0 amide bonds. The fraction of sp³-hybridized carbons (Fsp3) is 1.00. The number of unbranched alkanes of at least 4 members (excludes halogenated alkanes) is 14. The molecule has 0 radical (unpaired) electrons. The summed E-state index contributed by atoms with van der Waals surface area (Å²) in [5, 5.41) is 9.77. The van der Waals surface area contributed by atoms with E-state index in [0.29, 0.717) is 6.61 Å². The van der Waals surface area contributed by atoms with E-state index in [-0.39, 0.29) is 5.60 Å². The molecule has 27 heavy (non-hydrogen) atoms. The van der Waals surface area contributed by atoms with Crippen LogP contribution in [-0.2, 0) is 4.74 Å². The van der Waals surface area contributed by atoms with Gasteiger partial charge in [-0.05, 0) is 34.1 Å². The minimum atomic E-state index is -0.730. The van der Waals surface area contributed by atoms with Crippen LogP contribution >= 0.6 is 0 Å². The van der Waals surface area contributed by atoms with Crippen molar-refractivity contribution >= 4 is 7.85 Å². The van der Waals surface area contributed by atoms with Crippen molar-refractivity contribution in [1.29, 1.82) is 0 Å². The highest BCUT2D eigenvalue weighted by Gasteiger charge is 2.22. The van der Waals surface area contributed by atoms with Crippen LogP contribution in [0, 0.1) is 0 Å². The van der Waals surface area contributed by atoms with Crippen LogP contribution in [0.4, 0.5) is 0 Å². The van der Waals surface area contributed by atoms with E-state index in [2.05, 4.69) is 21.7 Å². The van der Waals surface area contributed by atoms with E-state index in [1.54, 1.807) is 13.8 Å². The Morgan fingerprint density at radius 1 is 0.593 bits per heavy atom. The predicted molar refractivity (Wildman–Crippen MR) is 124 cm³/mol. The first-order valence-corrected chi connectivity index (χ1v) is 12.1. The highest BCUT2D eigenvalue weighted by atomic mass is 16.5. The van der Waals surface area contributed by atoms with Crippen LogP contribution in [0.1, 0.15) is 130 Å². The summed E-state index contributed by atoms with van der Waals surface area (Å²) in [6.07, 6.45) is 23.6. The molecule has 0 aromatic carbocycles. The standard InChI is InChI=1S/C24H51BO2/c1-23(2,26)22-27-24(3,4)20-18-16-14-12-10-8-6-5-7-9-11-13-15-17-19-21-25/h26H,5-22,25H2,1-4H3. The molecule has 0 heterocycles. The number of ether oxygens (including phenoxy) is 1. The molecule has 0 aromatic heterocycles. The van der Waals surface area contributed by atoms with E-state index in [1.807, 2.05) is 0 Å². The number of hydrogen-bond donors (Lipinski definition) is 1. The first-order chi connectivity index (χ1) is 12.8. The smallest absolute Gasteiger partial charge is 0.101 e. The van der Waals surface area contributed by atoms with Gasteiger partial charge in [-0.2, -0.15) is 0 Å². The maximum Gasteiger partial charge on any atom is 0.101 e. The summed E-state index contributed by atoms with van der Waals surface area (Å²) < 4.78 is 5.87. The molecule has 0 rings (SSSR count). The number of hydrogen-bond acceptors (Lipinski definition) is 2. The Kier molecular flexibility index (Phi) is 16.9. The van der Waals surface area contributed by atoms with Gasteiger partial charge in [-0.15, -0.1) is 0 Å². The second kappa shape index (κ2) is 16.9. The van der Waals surface area contributed by atoms with E-state index < -0.39 is 5.60 Å². The predicted octanol–water partition coefficient (Wildman–Crippen LogP) is 6.85. The Morgan fingerprint density at radius 2 is 0.926 bits per heavy atom. The molecular weight excluding hydrogens is 331 g/mol. The quantitative estimate of drug-likeness (QED) is 0.184. The van der Waals surface area contributed by atoms with Crippen molar-refractivity contribution in [2.75, 3.05) is 6.61 Å². The maximum atomic E-state index is 9.77. The Balaban J connectivity index is 3.27. The first kappa shape index (κ1) is 27.0. The highest BCUT2D eigenvalue weighted by molar-refractivity contribution is 6.08. The van der Waals surface area contributed by atoms with Gasteiger partial charge in [0, 0.05) is 0 Å². The third kappa shape index (κ3) is 22.1. The Bertz CT molecular complexity index is 310. The van der Waals surface area contributed by atoms with Crippen LogP contribution in [-0.4, -0.2) is 30.8 Å². The van der Waals surface area contributed by atoms with Crippen molar-refractivity contribution in [3.8, 4) is 0 Å². The molecule has 0 saturated carbocycles. The third-order valence-corrected chi connectivity index (χ3v) is 5.45. The van der Waals surface area contributed by atoms with Crippen molar-refractivity contribution in [2.45, 2.75) is 148 Å². The fourth-order valence-electron chi connectivity index (χ4n) is 3.54. The van der Waals surface area contributed by atoms with Gasteiger partial charge in [-0.3, -0.25) is 0 Å². The molecule has 0 aromatic rings. The van der Waals surface area contributed by atoms with Gasteiger partial charge in [0.15, 0.2) is 0 Å². The van der Waals surface area contributed by atoms with Gasteiger partial charge < -0.3 is 9.84 Å². The zero-order valence-corrected chi connectivity index (χ0v) is 19.6. The molecule has 0 aliphatic carbocycles. The molecule has 162 valence electrons. The number of aliphatic hydroxyl groups is 1. The molecule has 0 aliphatic heterocycles. The lowest BCUT2D eigenvalue weighted by atomic mass is 9.98. The van der Waals surface area contributed by atoms with E-state index in [0.717, 1.165) is 6.42 Å². The van der Waals surface area contributed by atoms with Gasteiger partial charge >= 0.3 is 0 Å². The maximum absolute atomic E-state index is 9.77. The van der Waals surface area contributed by atoms with Crippen LogP contribution < -0.4 is 0 Å². The van der Waals surface area contributed by atoms with Gasteiger partial charge in [-0.1, -0.05) is 103 Å². The molecule has 3 heteroatoms. The monoisotopic (exact) mass is 382 g/mol. The van der Waals surface area contributed by atoms with Crippen LogP contribution in [0.3, 0.4) is 0 Å². The Morgan fingerprint density at radius 3 is 1.26 bits per heavy atom. The SMILES string of the molecule is BCCCCCCCCCCCCCCCCCC(C)(C)OCC(C)(C)O. The minimum Gasteiger partial charge on any atom is -0.388 e. The second-order valence-electron chi connectivity index (χ2n) is 9.91. The minimum absolute atomic E-state index is 0.115. The van der Waals surface area contributed by atoms with E-state index in [1.165, 1.54) is 103 Å². The van der Waals surface area contributed by atoms with Gasteiger partial charge in [-0.25, -0.2) is 0 Å². The van der Waals surface area contributed by atoms with Gasteiger partial charge in [0.1, 0.15) is 7.85 Å². The molecule has 0 fully saturated rings. The summed E-state index contributed by atoms with van der Waals surface area (Å²) in [6.45, 7) is 8.31. The van der Waals surface area contributed by atoms with Gasteiger partial charge in [0.25, 0.3) is 0 Å². The lowest BCUT2D eigenvalue weighted by molar-refractivity contribution is -0.0946. The Hall–Kier alpha value is -0.0151. The summed E-state index contributed by atoms with van der Waals surface area (Å²) in [4.78, 5) is 0. The molecular formula is C24H51BO2. The average molecular weight is 382 g/mol. The summed E-state index contributed by atoms with van der Waals surface area (Å²) in [5.74, 6) is 0. The van der Waals surface area contributed by atoms with Crippen molar-refractivity contribution in [1.82, 2.24) is 0 Å². The van der Waals surface area contributed by atoms with E-state index >= 15 is 0 Å². The Labute approximate surface area is 172 Å². The summed E-state index contributed by atoms with van der Waals surface area (Å²) in [5.41, 5.74) is -0.845. The largest absolute Gasteiger partial charge is 0.388 e. The molecule has 0 spiro atoms. The zero-order chi connectivity index (χ0) is 20.4. The fourth-order valence-corrected chi connectivity index (χ4v) is 3.54. The normalized spacial score (nSPS) is 12.6. The van der Waals surface area contributed by atoms with Crippen molar-refractivity contribution in [2.24, 2.45) is 0 Å². The third-order valence-electron chi connectivity index (χ3n) is 5.45. The van der Waals surface area contributed by atoms with E-state index in [4.69, 9.17) is 4.74 Å². The van der Waals surface area contributed by atoms with Crippen LogP contribution in [0.25, 0.3) is 0 Å².